The number of carbonyl (C=O) groups is 1. The van der Waals surface area contributed by atoms with Gasteiger partial charge in [0, 0.05) is 6.54 Å². The maximum absolute atomic E-state index is 12.9. The molecule has 0 spiro atoms. The number of halogens is 1. The monoisotopic (exact) mass is 233 g/mol. The van der Waals surface area contributed by atoms with Gasteiger partial charge in [0.05, 0.1) is 6.07 Å². The standard InChI is InChI=1S/C12H12FN3O/c13-11-6-3-5-10(15-11)12(17)16-7-2-1-4-9(16)8-14/h3,5-6,9H,1-2,4,7H2. The number of carbonyl (C=O) groups excluding carboxylic acids is 1. The Labute approximate surface area is 98.7 Å². The van der Waals surface area contributed by atoms with Crippen LogP contribution in [0.5, 0.6) is 0 Å². The summed E-state index contributed by atoms with van der Waals surface area (Å²) in [5.41, 5.74) is 0.0622. The van der Waals surface area contributed by atoms with E-state index in [-0.39, 0.29) is 11.6 Å². The zero-order valence-electron chi connectivity index (χ0n) is 9.27. The number of piperidine rings is 1. The number of nitrogens with zero attached hydrogens (tertiary/aromatic N) is 3. The van der Waals surface area contributed by atoms with E-state index in [1.54, 1.807) is 0 Å². The normalized spacial score (nSPS) is 19.8. The molecular weight excluding hydrogens is 221 g/mol. The number of likely N-dealkylation sites (tertiary alicyclic amines) is 1. The summed E-state index contributed by atoms with van der Waals surface area (Å²) >= 11 is 0. The Morgan fingerprint density at radius 1 is 1.53 bits per heavy atom. The van der Waals surface area contributed by atoms with Crippen molar-refractivity contribution >= 4 is 5.91 Å². The average Bonchev–Trinajstić information content (AvgIpc) is 2.38. The highest BCUT2D eigenvalue weighted by molar-refractivity contribution is 5.92. The minimum atomic E-state index is -0.679. The van der Waals surface area contributed by atoms with Gasteiger partial charge in [-0.15, -0.1) is 0 Å². The van der Waals surface area contributed by atoms with Crippen LogP contribution < -0.4 is 0 Å². The first-order valence-electron chi connectivity index (χ1n) is 5.55. The van der Waals surface area contributed by atoms with Crippen molar-refractivity contribution in [3.63, 3.8) is 0 Å². The molecule has 0 saturated carbocycles. The minimum absolute atomic E-state index is 0.0622. The summed E-state index contributed by atoms with van der Waals surface area (Å²) < 4.78 is 12.9. The van der Waals surface area contributed by atoms with Crippen molar-refractivity contribution in [2.24, 2.45) is 0 Å². The number of hydrogen-bond donors (Lipinski definition) is 0. The predicted octanol–water partition coefficient (Wildman–Crippen LogP) is 1.74. The SMILES string of the molecule is N#CC1CCCCN1C(=O)c1cccc(F)n1. The largest absolute Gasteiger partial charge is 0.321 e. The van der Waals surface area contributed by atoms with Gasteiger partial charge in [0.1, 0.15) is 11.7 Å². The van der Waals surface area contributed by atoms with Crippen LogP contribution in [0.15, 0.2) is 18.2 Å². The van der Waals surface area contributed by atoms with Crippen LogP contribution in [-0.4, -0.2) is 28.4 Å². The first-order chi connectivity index (χ1) is 8.22. The zero-order valence-corrected chi connectivity index (χ0v) is 9.27. The van der Waals surface area contributed by atoms with Crippen molar-refractivity contribution in [2.45, 2.75) is 25.3 Å². The lowest BCUT2D eigenvalue weighted by Gasteiger charge is -2.31. The quantitative estimate of drug-likeness (QED) is 0.694. The summed E-state index contributed by atoms with van der Waals surface area (Å²) in [7, 11) is 0. The minimum Gasteiger partial charge on any atom is -0.321 e. The topological polar surface area (TPSA) is 57.0 Å². The second kappa shape index (κ2) is 4.91. The van der Waals surface area contributed by atoms with Gasteiger partial charge in [0.2, 0.25) is 5.95 Å². The molecule has 1 aliphatic rings. The van der Waals surface area contributed by atoms with Crippen LogP contribution in [0.1, 0.15) is 29.8 Å². The van der Waals surface area contributed by atoms with Crippen molar-refractivity contribution in [1.29, 1.82) is 5.26 Å². The van der Waals surface area contributed by atoms with Crippen LogP contribution in [-0.2, 0) is 0 Å². The van der Waals surface area contributed by atoms with Gasteiger partial charge in [-0.3, -0.25) is 4.79 Å². The van der Waals surface area contributed by atoms with Gasteiger partial charge in [0.15, 0.2) is 0 Å². The molecule has 1 unspecified atom stereocenters. The predicted molar refractivity (Wildman–Crippen MR) is 58.5 cm³/mol. The molecule has 1 aliphatic heterocycles. The Hall–Kier alpha value is -1.96. The maximum Gasteiger partial charge on any atom is 0.273 e. The van der Waals surface area contributed by atoms with Crippen LogP contribution >= 0.6 is 0 Å². The summed E-state index contributed by atoms with van der Waals surface area (Å²) in [6, 6.07) is 5.79. The Morgan fingerprint density at radius 3 is 3.06 bits per heavy atom. The number of amides is 1. The first-order valence-corrected chi connectivity index (χ1v) is 5.55. The van der Waals surface area contributed by atoms with Gasteiger partial charge in [-0.2, -0.15) is 9.65 Å². The summed E-state index contributed by atoms with van der Waals surface area (Å²) in [5.74, 6) is -1.04. The molecule has 0 bridgehead atoms. The molecule has 1 atom stereocenters. The van der Waals surface area contributed by atoms with Crippen LogP contribution in [0.2, 0.25) is 0 Å². The summed E-state index contributed by atoms with van der Waals surface area (Å²) in [6.07, 6.45) is 2.50. The van der Waals surface area contributed by atoms with E-state index in [1.165, 1.54) is 23.1 Å². The molecule has 0 aliphatic carbocycles. The lowest BCUT2D eigenvalue weighted by Crippen LogP contribution is -2.43. The molecule has 2 rings (SSSR count). The van der Waals surface area contributed by atoms with E-state index < -0.39 is 12.0 Å². The number of pyridine rings is 1. The van der Waals surface area contributed by atoms with E-state index in [1.807, 2.05) is 0 Å². The average molecular weight is 233 g/mol. The molecule has 1 fully saturated rings. The molecule has 4 nitrogen and oxygen atoms in total. The highest BCUT2D eigenvalue weighted by Gasteiger charge is 2.27. The molecule has 0 N–H and O–H groups in total. The fraction of sp³-hybridized carbons (Fsp3) is 0.417. The molecule has 17 heavy (non-hydrogen) atoms. The molecule has 0 radical (unpaired) electrons. The van der Waals surface area contributed by atoms with Crippen LogP contribution in [0, 0.1) is 17.3 Å². The second-order valence-electron chi connectivity index (χ2n) is 3.98. The third-order valence-electron chi connectivity index (χ3n) is 2.85. The van der Waals surface area contributed by atoms with Gasteiger partial charge in [-0.25, -0.2) is 4.98 Å². The Kier molecular flexibility index (Phi) is 3.33. The van der Waals surface area contributed by atoms with Crippen molar-refractivity contribution in [3.8, 4) is 6.07 Å². The third-order valence-corrected chi connectivity index (χ3v) is 2.85. The summed E-state index contributed by atoms with van der Waals surface area (Å²) in [5, 5.41) is 8.97. The molecular formula is C12H12FN3O. The highest BCUT2D eigenvalue weighted by Crippen LogP contribution is 2.18. The molecule has 0 aromatic carbocycles. The highest BCUT2D eigenvalue weighted by atomic mass is 19.1. The number of rotatable bonds is 1. The van der Waals surface area contributed by atoms with Crippen molar-refractivity contribution < 1.29 is 9.18 Å². The zero-order chi connectivity index (χ0) is 12.3. The molecule has 88 valence electrons. The van der Waals surface area contributed by atoms with E-state index in [9.17, 15) is 9.18 Å². The Bertz CT molecular complexity index is 469. The van der Waals surface area contributed by atoms with Crippen molar-refractivity contribution in [1.82, 2.24) is 9.88 Å². The summed E-state index contributed by atoms with van der Waals surface area (Å²) in [4.78, 5) is 17.1. The van der Waals surface area contributed by atoms with E-state index in [0.717, 1.165) is 12.8 Å². The third kappa shape index (κ3) is 2.41. The smallest absolute Gasteiger partial charge is 0.273 e. The molecule has 1 aromatic heterocycles. The molecule has 5 heteroatoms. The summed E-state index contributed by atoms with van der Waals surface area (Å²) in [6.45, 7) is 0.537. The van der Waals surface area contributed by atoms with E-state index in [4.69, 9.17) is 5.26 Å². The Morgan fingerprint density at radius 2 is 2.35 bits per heavy atom. The van der Waals surface area contributed by atoms with Crippen molar-refractivity contribution in [3.05, 3.63) is 29.8 Å². The van der Waals surface area contributed by atoms with Crippen LogP contribution in [0.3, 0.4) is 0 Å². The van der Waals surface area contributed by atoms with Gasteiger partial charge in [0.25, 0.3) is 5.91 Å². The number of aromatic nitrogens is 1. The number of hydrogen-bond acceptors (Lipinski definition) is 3. The second-order valence-corrected chi connectivity index (χ2v) is 3.98. The van der Waals surface area contributed by atoms with Crippen molar-refractivity contribution in [2.75, 3.05) is 6.54 Å². The van der Waals surface area contributed by atoms with Crippen LogP contribution in [0.4, 0.5) is 4.39 Å². The fourth-order valence-corrected chi connectivity index (χ4v) is 1.98. The lowest BCUT2D eigenvalue weighted by atomic mass is 10.0. The Balaban J connectivity index is 2.22. The van der Waals surface area contributed by atoms with Gasteiger partial charge in [-0.05, 0) is 31.4 Å². The van der Waals surface area contributed by atoms with Gasteiger partial charge < -0.3 is 4.90 Å². The molecule has 1 amide bonds. The van der Waals surface area contributed by atoms with E-state index in [0.29, 0.717) is 13.0 Å². The lowest BCUT2D eigenvalue weighted by molar-refractivity contribution is 0.0663. The maximum atomic E-state index is 12.9. The van der Waals surface area contributed by atoms with Gasteiger partial charge >= 0.3 is 0 Å². The fourth-order valence-electron chi connectivity index (χ4n) is 1.98. The molecule has 2 heterocycles. The molecule has 1 aromatic rings. The van der Waals surface area contributed by atoms with E-state index in [2.05, 4.69) is 11.1 Å². The number of nitriles is 1. The first kappa shape index (κ1) is 11.5. The van der Waals surface area contributed by atoms with E-state index >= 15 is 0 Å². The van der Waals surface area contributed by atoms with Gasteiger partial charge in [-0.1, -0.05) is 6.07 Å². The molecule has 1 saturated heterocycles. The van der Waals surface area contributed by atoms with Crippen LogP contribution in [0.25, 0.3) is 0 Å².